The lowest BCUT2D eigenvalue weighted by molar-refractivity contribution is 0.590. The second-order valence-corrected chi connectivity index (χ2v) is 9.52. The first kappa shape index (κ1) is 18.2. The fourth-order valence-corrected chi connectivity index (χ4v) is 4.35. The van der Waals surface area contributed by atoms with E-state index in [9.17, 15) is 0 Å². The summed E-state index contributed by atoms with van der Waals surface area (Å²) in [6.45, 7) is 6.58. The third-order valence-corrected chi connectivity index (χ3v) is 6.66. The number of hydrogen-bond donors (Lipinski definition) is 1. The normalized spacial score (nSPS) is 11.8. The van der Waals surface area contributed by atoms with E-state index in [1.54, 1.807) is 23.1 Å². The van der Waals surface area contributed by atoms with Crippen LogP contribution in [-0.4, -0.2) is 31.3 Å². The van der Waals surface area contributed by atoms with Crippen molar-refractivity contribution in [2.75, 3.05) is 12.1 Å². The molecule has 0 spiro atoms. The van der Waals surface area contributed by atoms with Gasteiger partial charge in [-0.15, -0.1) is 20.4 Å². The highest BCUT2D eigenvalue weighted by Gasteiger charge is 2.16. The lowest BCUT2D eigenvalue weighted by Gasteiger charge is -2.19. The summed E-state index contributed by atoms with van der Waals surface area (Å²) in [5.41, 5.74) is 2.35. The molecule has 0 aliphatic carbocycles. The fourth-order valence-electron chi connectivity index (χ4n) is 2.20. The molecule has 0 saturated heterocycles. The van der Waals surface area contributed by atoms with Crippen LogP contribution in [0.1, 0.15) is 31.3 Å². The quantitative estimate of drug-likeness (QED) is 0.522. The van der Waals surface area contributed by atoms with Gasteiger partial charge in [0.05, 0.1) is 5.75 Å². The van der Waals surface area contributed by atoms with Gasteiger partial charge in [0.1, 0.15) is 5.01 Å². The summed E-state index contributed by atoms with van der Waals surface area (Å²) in [7, 11) is 0. The Hall–Kier alpha value is -1.58. The molecule has 2 aromatic heterocycles. The van der Waals surface area contributed by atoms with Crippen LogP contribution in [0.3, 0.4) is 0 Å². The average Bonchev–Trinajstić information content (AvgIpc) is 3.19. The molecule has 9 heteroatoms. The summed E-state index contributed by atoms with van der Waals surface area (Å²) >= 11 is 4.69. The van der Waals surface area contributed by atoms with Crippen molar-refractivity contribution in [2.24, 2.45) is 0 Å². The van der Waals surface area contributed by atoms with Gasteiger partial charge in [-0.2, -0.15) is 0 Å². The van der Waals surface area contributed by atoms with Crippen LogP contribution in [0.25, 0.3) is 11.4 Å². The molecule has 0 fully saturated rings. The first-order chi connectivity index (χ1) is 11.9. The van der Waals surface area contributed by atoms with Gasteiger partial charge in [-0.25, -0.2) is 4.68 Å². The summed E-state index contributed by atoms with van der Waals surface area (Å²) in [5.74, 6) is 7.52. The molecule has 3 rings (SSSR count). The number of nitrogens with two attached hydrogens (primary N) is 1. The standard InChI is InChI=1S/C16H20N6S3/c1-16(2,3)11-7-5-10(6-8-11)13-19-20-14(22(13)17)24-9-12-18-21-15(23-4)25-12/h5-8H,9,17H2,1-4H3. The largest absolute Gasteiger partial charge is 0.335 e. The number of rotatable bonds is 5. The van der Waals surface area contributed by atoms with Crippen molar-refractivity contribution in [3.63, 3.8) is 0 Å². The molecule has 0 atom stereocenters. The van der Waals surface area contributed by atoms with E-state index in [1.807, 2.05) is 18.4 Å². The van der Waals surface area contributed by atoms with Gasteiger partial charge in [0.25, 0.3) is 0 Å². The molecule has 6 nitrogen and oxygen atoms in total. The van der Waals surface area contributed by atoms with Crippen LogP contribution < -0.4 is 5.84 Å². The van der Waals surface area contributed by atoms with Crippen molar-refractivity contribution in [3.05, 3.63) is 34.8 Å². The minimum atomic E-state index is 0.118. The Bertz CT molecular complexity index is 848. The lowest BCUT2D eigenvalue weighted by Crippen LogP contribution is -2.12. The number of hydrogen-bond acceptors (Lipinski definition) is 8. The molecule has 0 amide bonds. The number of aromatic nitrogens is 5. The number of nitrogens with zero attached hydrogens (tertiary/aromatic N) is 5. The van der Waals surface area contributed by atoms with Crippen LogP contribution in [0, 0.1) is 0 Å². The minimum absolute atomic E-state index is 0.118. The van der Waals surface area contributed by atoms with E-state index in [0.29, 0.717) is 16.7 Å². The average molecular weight is 393 g/mol. The Kier molecular flexibility index (Phi) is 5.35. The van der Waals surface area contributed by atoms with Crippen molar-refractivity contribution in [1.82, 2.24) is 25.1 Å². The van der Waals surface area contributed by atoms with Crippen LogP contribution in [0.2, 0.25) is 0 Å². The molecular formula is C16H20N6S3. The summed E-state index contributed by atoms with van der Waals surface area (Å²) in [6.07, 6.45) is 1.99. The molecule has 0 radical (unpaired) electrons. The zero-order valence-corrected chi connectivity index (χ0v) is 17.0. The number of nitrogen functional groups attached to an aromatic ring is 1. The topological polar surface area (TPSA) is 82.5 Å². The summed E-state index contributed by atoms with van der Waals surface area (Å²) in [6, 6.07) is 8.31. The van der Waals surface area contributed by atoms with Gasteiger partial charge < -0.3 is 5.84 Å². The van der Waals surface area contributed by atoms with Gasteiger partial charge in [-0.3, -0.25) is 0 Å². The first-order valence-corrected chi connectivity index (χ1v) is 10.7. The van der Waals surface area contributed by atoms with Crippen LogP contribution in [0.4, 0.5) is 0 Å². The fraction of sp³-hybridized carbons (Fsp3) is 0.375. The maximum atomic E-state index is 6.19. The van der Waals surface area contributed by atoms with Gasteiger partial charge in [0.2, 0.25) is 5.16 Å². The van der Waals surface area contributed by atoms with E-state index < -0.39 is 0 Å². The lowest BCUT2D eigenvalue weighted by atomic mass is 9.87. The smallest absolute Gasteiger partial charge is 0.210 e. The number of thioether (sulfide) groups is 2. The Morgan fingerprint density at radius 1 is 1.08 bits per heavy atom. The molecule has 0 saturated carbocycles. The third-order valence-electron chi connectivity index (χ3n) is 3.62. The van der Waals surface area contributed by atoms with Crippen molar-refractivity contribution in [2.45, 2.75) is 41.4 Å². The predicted molar refractivity (Wildman–Crippen MR) is 106 cm³/mol. The second kappa shape index (κ2) is 7.35. The van der Waals surface area contributed by atoms with E-state index in [-0.39, 0.29) is 5.41 Å². The molecule has 3 aromatic rings. The van der Waals surface area contributed by atoms with Gasteiger partial charge in [-0.05, 0) is 17.2 Å². The molecule has 1 aromatic carbocycles. The van der Waals surface area contributed by atoms with Crippen molar-refractivity contribution >= 4 is 34.9 Å². The molecule has 2 N–H and O–H groups in total. The van der Waals surface area contributed by atoms with E-state index in [0.717, 1.165) is 14.9 Å². The van der Waals surface area contributed by atoms with E-state index in [4.69, 9.17) is 5.84 Å². The van der Waals surface area contributed by atoms with Gasteiger partial charge >= 0.3 is 0 Å². The van der Waals surface area contributed by atoms with Gasteiger partial charge in [0, 0.05) is 5.56 Å². The molecule has 2 heterocycles. The first-order valence-electron chi connectivity index (χ1n) is 7.69. The molecule has 0 bridgehead atoms. The zero-order valence-electron chi connectivity index (χ0n) is 14.6. The van der Waals surface area contributed by atoms with Gasteiger partial charge in [-0.1, -0.05) is 79.9 Å². The van der Waals surface area contributed by atoms with Crippen molar-refractivity contribution < 1.29 is 0 Å². The maximum absolute atomic E-state index is 6.19. The van der Waals surface area contributed by atoms with E-state index >= 15 is 0 Å². The molecular weight excluding hydrogens is 372 g/mol. The van der Waals surface area contributed by atoms with E-state index in [2.05, 4.69) is 53.3 Å². The zero-order chi connectivity index (χ0) is 18.0. The van der Waals surface area contributed by atoms with Crippen molar-refractivity contribution in [1.29, 1.82) is 0 Å². The Morgan fingerprint density at radius 3 is 2.40 bits per heavy atom. The SMILES string of the molecule is CSc1nnc(CSc2nnc(-c3ccc(C(C)(C)C)cc3)n2N)s1. The Labute approximate surface area is 159 Å². The Morgan fingerprint density at radius 2 is 1.80 bits per heavy atom. The monoisotopic (exact) mass is 392 g/mol. The highest BCUT2D eigenvalue weighted by molar-refractivity contribution is 8.00. The molecule has 132 valence electrons. The highest BCUT2D eigenvalue weighted by atomic mass is 32.2. The molecule has 0 unspecified atom stereocenters. The van der Waals surface area contributed by atoms with Gasteiger partial charge in [0.15, 0.2) is 10.2 Å². The maximum Gasteiger partial charge on any atom is 0.210 e. The highest BCUT2D eigenvalue weighted by Crippen LogP contribution is 2.29. The Balaban J connectivity index is 1.74. The minimum Gasteiger partial charge on any atom is -0.335 e. The van der Waals surface area contributed by atoms with Crippen LogP contribution in [-0.2, 0) is 11.2 Å². The van der Waals surface area contributed by atoms with Crippen LogP contribution >= 0.6 is 34.9 Å². The summed E-state index contributed by atoms with van der Waals surface area (Å²) in [4.78, 5) is 0. The van der Waals surface area contributed by atoms with Crippen LogP contribution in [0.15, 0.2) is 33.8 Å². The third kappa shape index (κ3) is 4.16. The summed E-state index contributed by atoms with van der Waals surface area (Å²) < 4.78 is 2.50. The van der Waals surface area contributed by atoms with Crippen molar-refractivity contribution in [3.8, 4) is 11.4 Å². The predicted octanol–water partition coefficient (Wildman–Crippen LogP) is 3.82. The molecule has 0 aliphatic rings. The van der Waals surface area contributed by atoms with E-state index in [1.165, 1.54) is 22.0 Å². The molecule has 25 heavy (non-hydrogen) atoms. The molecule has 0 aliphatic heterocycles. The number of benzene rings is 1. The summed E-state index contributed by atoms with van der Waals surface area (Å²) in [5, 5.41) is 18.3. The second-order valence-electron chi connectivity index (χ2n) is 6.46. The van der Waals surface area contributed by atoms with Crippen LogP contribution in [0.5, 0.6) is 0 Å².